The fraction of sp³-hybridized carbons (Fsp3) is 0.0909. The van der Waals surface area contributed by atoms with Crippen molar-refractivity contribution >= 4 is 90.9 Å². The summed E-state index contributed by atoms with van der Waals surface area (Å²) in [5.74, 6) is 0. The summed E-state index contributed by atoms with van der Waals surface area (Å²) < 4.78 is 5.33. The van der Waals surface area contributed by atoms with Crippen molar-refractivity contribution in [3.8, 4) is 11.1 Å². The molecular formula is C44H33NS2. The molecule has 9 aromatic rings. The standard InChI is InChI=1S/C44H33NS2/c1-3-28-19-25-41-38(26-28)37-15-9-17-40(44(37)46-41)45(39-16-8-14-36-35-24-18-29(4-2)27-42(35)47-43(36)39)32-22-20-31(21-23-32)34-13-7-11-30-10-5-6-12-33(30)34/h5-27H,3-4H2,1-2H3. The van der Waals surface area contributed by atoms with E-state index < -0.39 is 0 Å². The first-order valence-electron chi connectivity index (χ1n) is 16.5. The van der Waals surface area contributed by atoms with Crippen molar-refractivity contribution in [3.05, 3.63) is 151 Å². The van der Waals surface area contributed by atoms with E-state index in [-0.39, 0.29) is 0 Å². The van der Waals surface area contributed by atoms with Crippen molar-refractivity contribution in [2.45, 2.75) is 26.7 Å². The Kier molecular flexibility index (Phi) is 6.85. The van der Waals surface area contributed by atoms with Gasteiger partial charge in [0.1, 0.15) is 0 Å². The van der Waals surface area contributed by atoms with Crippen LogP contribution in [0.3, 0.4) is 0 Å². The fourth-order valence-electron chi connectivity index (χ4n) is 7.13. The molecular weight excluding hydrogens is 607 g/mol. The quantitative estimate of drug-likeness (QED) is 0.175. The first kappa shape index (κ1) is 28.3. The highest BCUT2D eigenvalue weighted by atomic mass is 32.1. The highest BCUT2D eigenvalue weighted by molar-refractivity contribution is 7.27. The Balaban J connectivity index is 1.29. The van der Waals surface area contributed by atoms with E-state index in [1.165, 1.54) is 84.7 Å². The molecule has 2 heterocycles. The molecule has 0 aliphatic carbocycles. The molecule has 0 bridgehead atoms. The van der Waals surface area contributed by atoms with Crippen LogP contribution in [-0.4, -0.2) is 0 Å². The molecule has 226 valence electrons. The summed E-state index contributed by atoms with van der Waals surface area (Å²) in [5.41, 5.74) is 8.85. The molecule has 0 aliphatic rings. The number of nitrogens with zero attached hydrogens (tertiary/aromatic N) is 1. The van der Waals surface area contributed by atoms with Crippen molar-refractivity contribution in [1.82, 2.24) is 0 Å². The van der Waals surface area contributed by atoms with Gasteiger partial charge in [-0.2, -0.15) is 0 Å². The lowest BCUT2D eigenvalue weighted by atomic mass is 9.98. The lowest BCUT2D eigenvalue weighted by Gasteiger charge is -2.27. The van der Waals surface area contributed by atoms with Crippen molar-refractivity contribution in [2.75, 3.05) is 4.90 Å². The summed E-state index contributed by atoms with van der Waals surface area (Å²) in [7, 11) is 0. The molecule has 3 heteroatoms. The average Bonchev–Trinajstić information content (AvgIpc) is 3.70. The molecule has 7 aromatic carbocycles. The molecule has 0 N–H and O–H groups in total. The number of fused-ring (bicyclic) bond motifs is 7. The van der Waals surface area contributed by atoms with Crippen LogP contribution in [0.1, 0.15) is 25.0 Å². The van der Waals surface area contributed by atoms with Gasteiger partial charge in [0.05, 0.1) is 20.8 Å². The van der Waals surface area contributed by atoms with Crippen LogP contribution in [0, 0.1) is 0 Å². The number of hydrogen-bond donors (Lipinski definition) is 0. The van der Waals surface area contributed by atoms with Crippen LogP contribution in [0.2, 0.25) is 0 Å². The minimum atomic E-state index is 1.04. The van der Waals surface area contributed by atoms with Crippen LogP contribution in [-0.2, 0) is 12.8 Å². The summed E-state index contributed by atoms with van der Waals surface area (Å²) in [6.07, 6.45) is 2.08. The second-order valence-electron chi connectivity index (χ2n) is 12.3. The first-order chi connectivity index (χ1) is 23.2. The predicted molar refractivity (Wildman–Crippen MR) is 209 cm³/mol. The van der Waals surface area contributed by atoms with Gasteiger partial charge in [0, 0.05) is 36.6 Å². The van der Waals surface area contributed by atoms with E-state index in [1.54, 1.807) is 0 Å². The monoisotopic (exact) mass is 639 g/mol. The summed E-state index contributed by atoms with van der Waals surface area (Å²) >= 11 is 3.82. The summed E-state index contributed by atoms with van der Waals surface area (Å²) in [6, 6.07) is 52.1. The van der Waals surface area contributed by atoms with Gasteiger partial charge in [-0.25, -0.2) is 0 Å². The molecule has 1 nitrogen and oxygen atoms in total. The molecule has 0 aliphatic heterocycles. The van der Waals surface area contributed by atoms with E-state index in [0.717, 1.165) is 18.5 Å². The molecule has 0 radical (unpaired) electrons. The van der Waals surface area contributed by atoms with Crippen LogP contribution >= 0.6 is 22.7 Å². The zero-order valence-electron chi connectivity index (χ0n) is 26.5. The summed E-state index contributed by atoms with van der Waals surface area (Å²) in [6.45, 7) is 4.47. The van der Waals surface area contributed by atoms with E-state index >= 15 is 0 Å². The van der Waals surface area contributed by atoms with Crippen molar-refractivity contribution in [2.24, 2.45) is 0 Å². The van der Waals surface area contributed by atoms with E-state index in [9.17, 15) is 0 Å². The molecule has 0 amide bonds. The van der Waals surface area contributed by atoms with Gasteiger partial charge in [0.15, 0.2) is 0 Å². The maximum Gasteiger partial charge on any atom is 0.0640 e. The van der Waals surface area contributed by atoms with Gasteiger partial charge in [-0.05, 0) is 88.3 Å². The topological polar surface area (TPSA) is 3.24 Å². The average molecular weight is 640 g/mol. The Morgan fingerprint density at radius 1 is 0.468 bits per heavy atom. The van der Waals surface area contributed by atoms with Gasteiger partial charge in [0.25, 0.3) is 0 Å². The molecule has 0 saturated carbocycles. The largest absolute Gasteiger partial charge is 0.308 e. The molecule has 0 unspecified atom stereocenters. The Hall–Kier alpha value is -4.96. The Morgan fingerprint density at radius 3 is 1.85 bits per heavy atom. The normalized spacial score (nSPS) is 11.8. The van der Waals surface area contributed by atoms with E-state index in [2.05, 4.69) is 158 Å². The number of thiophene rings is 2. The summed E-state index contributed by atoms with van der Waals surface area (Å²) in [5, 5.41) is 7.88. The van der Waals surface area contributed by atoms with Crippen LogP contribution in [0.5, 0.6) is 0 Å². The van der Waals surface area contributed by atoms with Crippen LogP contribution < -0.4 is 4.90 Å². The number of aryl methyl sites for hydroxylation is 2. The molecule has 0 saturated heterocycles. The third-order valence-corrected chi connectivity index (χ3v) is 12.0. The molecule has 0 fully saturated rings. The minimum Gasteiger partial charge on any atom is -0.308 e. The zero-order valence-corrected chi connectivity index (χ0v) is 28.1. The van der Waals surface area contributed by atoms with Gasteiger partial charge in [-0.3, -0.25) is 0 Å². The second kappa shape index (κ2) is 11.4. The number of anilines is 3. The Bertz CT molecular complexity index is 2580. The molecule has 9 rings (SSSR count). The molecule has 0 spiro atoms. The molecule has 47 heavy (non-hydrogen) atoms. The third kappa shape index (κ3) is 4.65. The van der Waals surface area contributed by atoms with Crippen molar-refractivity contribution < 1.29 is 0 Å². The van der Waals surface area contributed by atoms with E-state index in [4.69, 9.17) is 0 Å². The van der Waals surface area contributed by atoms with Crippen LogP contribution in [0.15, 0.2) is 140 Å². The van der Waals surface area contributed by atoms with Gasteiger partial charge in [-0.1, -0.05) is 111 Å². The van der Waals surface area contributed by atoms with E-state index in [1.807, 2.05) is 22.7 Å². The second-order valence-corrected chi connectivity index (χ2v) is 14.4. The van der Waals surface area contributed by atoms with Crippen molar-refractivity contribution in [3.63, 3.8) is 0 Å². The Morgan fingerprint density at radius 2 is 1.09 bits per heavy atom. The highest BCUT2D eigenvalue weighted by Gasteiger charge is 2.22. The van der Waals surface area contributed by atoms with Crippen LogP contribution in [0.25, 0.3) is 62.2 Å². The minimum absolute atomic E-state index is 1.04. The molecule has 2 aromatic heterocycles. The number of hydrogen-bond acceptors (Lipinski definition) is 3. The maximum absolute atomic E-state index is 2.50. The highest BCUT2D eigenvalue weighted by Crippen LogP contribution is 2.49. The number of benzene rings is 7. The van der Waals surface area contributed by atoms with Gasteiger partial charge >= 0.3 is 0 Å². The summed E-state index contributed by atoms with van der Waals surface area (Å²) in [4.78, 5) is 2.50. The van der Waals surface area contributed by atoms with Gasteiger partial charge < -0.3 is 4.90 Å². The van der Waals surface area contributed by atoms with Crippen LogP contribution in [0.4, 0.5) is 17.1 Å². The number of rotatable bonds is 6. The first-order valence-corrected chi connectivity index (χ1v) is 18.1. The Labute approximate surface area is 283 Å². The smallest absolute Gasteiger partial charge is 0.0640 e. The SMILES string of the molecule is CCc1ccc2c(c1)sc1c(N(c3ccc(-c4cccc5ccccc45)cc3)c3cccc4c3sc3ccc(CC)cc34)cccc12. The van der Waals surface area contributed by atoms with Gasteiger partial charge in [0.2, 0.25) is 0 Å². The zero-order chi connectivity index (χ0) is 31.5. The molecule has 0 atom stereocenters. The lowest BCUT2D eigenvalue weighted by molar-refractivity contribution is 1.15. The third-order valence-electron chi connectivity index (χ3n) is 9.61. The van der Waals surface area contributed by atoms with Gasteiger partial charge in [-0.15, -0.1) is 22.7 Å². The predicted octanol–water partition coefficient (Wildman–Crippen LogP) is 13.8. The lowest BCUT2D eigenvalue weighted by Crippen LogP contribution is -2.10. The van der Waals surface area contributed by atoms with E-state index in [0.29, 0.717) is 0 Å². The maximum atomic E-state index is 2.50. The van der Waals surface area contributed by atoms with Crippen molar-refractivity contribution in [1.29, 1.82) is 0 Å². The fourth-order valence-corrected chi connectivity index (χ4v) is 9.58.